The fourth-order valence-electron chi connectivity index (χ4n) is 3.70. The molecule has 26 heavy (non-hydrogen) atoms. The quantitative estimate of drug-likeness (QED) is 0.596. The Labute approximate surface area is 149 Å². The maximum absolute atomic E-state index is 11.6. The summed E-state index contributed by atoms with van der Waals surface area (Å²) in [6.07, 6.45) is 1.87. The molecular formula is C16H21N3O7. The number of anilines is 1. The third-order valence-electron chi connectivity index (χ3n) is 5.10. The summed E-state index contributed by atoms with van der Waals surface area (Å²) in [5.41, 5.74) is -0.936. The van der Waals surface area contributed by atoms with Crippen LogP contribution in [0.1, 0.15) is 30.4 Å². The largest absolute Gasteiger partial charge is 0.392 e. The summed E-state index contributed by atoms with van der Waals surface area (Å²) < 4.78 is 11.3. The SMILES string of the molecule is Cc1c(CO)cc([N+](=O)[O-])c(N[C@H]2CCO[C@@]3(CCOC3)C2)c1[N+](=O)[O-]. The predicted octanol–water partition coefficient (Wildman–Crippen LogP) is 2.05. The molecular weight excluding hydrogens is 346 g/mol. The van der Waals surface area contributed by atoms with Crippen molar-refractivity contribution >= 4 is 17.1 Å². The molecule has 2 heterocycles. The van der Waals surface area contributed by atoms with Gasteiger partial charge < -0.3 is 19.9 Å². The van der Waals surface area contributed by atoms with E-state index in [4.69, 9.17) is 9.47 Å². The molecule has 10 heteroatoms. The van der Waals surface area contributed by atoms with E-state index in [9.17, 15) is 25.3 Å². The Hall–Kier alpha value is -2.30. The van der Waals surface area contributed by atoms with Crippen molar-refractivity contribution < 1.29 is 24.4 Å². The molecule has 0 radical (unpaired) electrons. The zero-order chi connectivity index (χ0) is 18.9. The number of benzene rings is 1. The van der Waals surface area contributed by atoms with Crippen molar-refractivity contribution in [1.82, 2.24) is 0 Å². The molecule has 3 rings (SSSR count). The molecule has 1 aromatic carbocycles. The second-order valence-corrected chi connectivity index (χ2v) is 6.74. The molecule has 2 fully saturated rings. The standard InChI is InChI=1S/C16H21N3O7/c1-10-11(8-20)6-13(18(21)22)14(15(10)19(23)24)17-12-2-4-26-16(7-12)3-5-25-9-16/h6,12,17,20H,2-5,7-9H2,1H3/t12-,16-/m0/s1. The molecule has 1 aromatic rings. The van der Waals surface area contributed by atoms with Gasteiger partial charge in [0.15, 0.2) is 5.69 Å². The molecule has 0 saturated carbocycles. The zero-order valence-corrected chi connectivity index (χ0v) is 14.4. The molecule has 142 valence electrons. The minimum atomic E-state index is -0.665. The number of rotatable bonds is 5. The number of ether oxygens (including phenoxy) is 2. The molecule has 1 spiro atoms. The number of nitrogens with zero attached hydrogens (tertiary/aromatic N) is 2. The van der Waals surface area contributed by atoms with Gasteiger partial charge >= 0.3 is 5.69 Å². The predicted molar refractivity (Wildman–Crippen MR) is 91.2 cm³/mol. The van der Waals surface area contributed by atoms with E-state index in [1.165, 1.54) is 13.0 Å². The second kappa shape index (κ2) is 7.14. The summed E-state index contributed by atoms with van der Waals surface area (Å²) >= 11 is 0. The van der Waals surface area contributed by atoms with Crippen molar-refractivity contribution in [2.24, 2.45) is 0 Å². The van der Waals surface area contributed by atoms with Crippen LogP contribution in [0.2, 0.25) is 0 Å². The Morgan fingerprint density at radius 3 is 2.69 bits per heavy atom. The van der Waals surface area contributed by atoms with Crippen molar-refractivity contribution in [2.45, 2.75) is 44.4 Å². The number of hydrogen-bond acceptors (Lipinski definition) is 8. The molecule has 10 nitrogen and oxygen atoms in total. The highest BCUT2D eigenvalue weighted by Crippen LogP contribution is 2.42. The summed E-state index contributed by atoms with van der Waals surface area (Å²) in [5.74, 6) is 0. The van der Waals surface area contributed by atoms with Crippen molar-refractivity contribution in [3.8, 4) is 0 Å². The molecule has 0 aliphatic carbocycles. The van der Waals surface area contributed by atoms with Gasteiger partial charge in [-0.15, -0.1) is 0 Å². The molecule has 0 bridgehead atoms. The summed E-state index contributed by atoms with van der Waals surface area (Å²) in [5, 5.41) is 35.5. The summed E-state index contributed by atoms with van der Waals surface area (Å²) in [7, 11) is 0. The van der Waals surface area contributed by atoms with Crippen LogP contribution in [-0.2, 0) is 16.1 Å². The Morgan fingerprint density at radius 2 is 2.12 bits per heavy atom. The van der Waals surface area contributed by atoms with Gasteiger partial charge in [-0.25, -0.2) is 0 Å². The maximum atomic E-state index is 11.6. The number of aliphatic hydroxyl groups is 1. The minimum Gasteiger partial charge on any atom is -0.392 e. The number of nitro groups is 2. The molecule has 2 aliphatic rings. The van der Waals surface area contributed by atoms with Gasteiger partial charge in [0.25, 0.3) is 5.69 Å². The number of nitro benzene ring substituents is 2. The molecule has 2 atom stereocenters. The van der Waals surface area contributed by atoms with Crippen LogP contribution < -0.4 is 5.32 Å². The van der Waals surface area contributed by atoms with E-state index in [1.807, 2.05) is 0 Å². The normalized spacial score (nSPS) is 25.4. The van der Waals surface area contributed by atoms with Crippen molar-refractivity contribution in [1.29, 1.82) is 0 Å². The summed E-state index contributed by atoms with van der Waals surface area (Å²) in [4.78, 5) is 21.8. The van der Waals surface area contributed by atoms with Crippen molar-refractivity contribution in [3.63, 3.8) is 0 Å². The highest BCUT2D eigenvalue weighted by atomic mass is 16.6. The lowest BCUT2D eigenvalue weighted by Crippen LogP contribution is -2.45. The Morgan fingerprint density at radius 1 is 1.35 bits per heavy atom. The lowest BCUT2D eigenvalue weighted by molar-refractivity contribution is -0.392. The molecule has 0 amide bonds. The van der Waals surface area contributed by atoms with Crippen LogP contribution >= 0.6 is 0 Å². The van der Waals surface area contributed by atoms with Crippen LogP contribution in [0.15, 0.2) is 6.07 Å². The lowest BCUT2D eigenvalue weighted by atomic mass is 9.89. The van der Waals surface area contributed by atoms with E-state index in [0.29, 0.717) is 32.7 Å². The third-order valence-corrected chi connectivity index (χ3v) is 5.10. The van der Waals surface area contributed by atoms with Crippen LogP contribution in [0.4, 0.5) is 17.1 Å². The molecule has 2 N–H and O–H groups in total. The molecule has 0 unspecified atom stereocenters. The van der Waals surface area contributed by atoms with E-state index in [-0.39, 0.29) is 28.5 Å². The van der Waals surface area contributed by atoms with Gasteiger partial charge in [-0.1, -0.05) is 0 Å². The van der Waals surface area contributed by atoms with E-state index in [2.05, 4.69) is 5.32 Å². The van der Waals surface area contributed by atoms with E-state index >= 15 is 0 Å². The maximum Gasteiger partial charge on any atom is 0.302 e. The average Bonchev–Trinajstić information content (AvgIpc) is 3.02. The van der Waals surface area contributed by atoms with Gasteiger partial charge in [0, 0.05) is 37.3 Å². The van der Waals surface area contributed by atoms with Crippen molar-refractivity contribution in [3.05, 3.63) is 37.4 Å². The number of aliphatic hydroxyl groups excluding tert-OH is 1. The zero-order valence-electron chi connectivity index (χ0n) is 14.4. The first-order chi connectivity index (χ1) is 12.4. The first-order valence-corrected chi connectivity index (χ1v) is 8.41. The molecule has 2 aliphatic heterocycles. The number of nitrogens with one attached hydrogen (secondary N) is 1. The van der Waals surface area contributed by atoms with Crippen LogP contribution in [0.5, 0.6) is 0 Å². The fraction of sp³-hybridized carbons (Fsp3) is 0.625. The van der Waals surface area contributed by atoms with E-state index in [0.717, 1.165) is 6.42 Å². The van der Waals surface area contributed by atoms with Crippen LogP contribution in [-0.4, -0.2) is 46.4 Å². The van der Waals surface area contributed by atoms with Crippen LogP contribution in [0, 0.1) is 27.2 Å². The Bertz CT molecular complexity index is 731. The summed E-state index contributed by atoms with van der Waals surface area (Å²) in [6.45, 7) is 2.48. The highest BCUT2D eigenvalue weighted by molar-refractivity contribution is 5.78. The summed E-state index contributed by atoms with van der Waals surface area (Å²) in [6, 6.07) is 0.987. The first-order valence-electron chi connectivity index (χ1n) is 8.41. The lowest BCUT2D eigenvalue weighted by Gasteiger charge is -2.37. The van der Waals surface area contributed by atoms with Gasteiger partial charge in [-0.2, -0.15) is 0 Å². The van der Waals surface area contributed by atoms with Gasteiger partial charge in [0.2, 0.25) is 0 Å². The fourth-order valence-corrected chi connectivity index (χ4v) is 3.70. The van der Waals surface area contributed by atoms with Gasteiger partial charge in [-0.05, 0) is 25.3 Å². The van der Waals surface area contributed by atoms with Crippen LogP contribution in [0.3, 0.4) is 0 Å². The topological polar surface area (TPSA) is 137 Å². The van der Waals surface area contributed by atoms with Crippen LogP contribution in [0.25, 0.3) is 0 Å². The third kappa shape index (κ3) is 3.35. The molecule has 2 saturated heterocycles. The average molecular weight is 367 g/mol. The first kappa shape index (κ1) is 18.5. The van der Waals surface area contributed by atoms with Gasteiger partial charge in [0.1, 0.15) is 0 Å². The van der Waals surface area contributed by atoms with E-state index in [1.54, 1.807) is 0 Å². The second-order valence-electron chi connectivity index (χ2n) is 6.74. The van der Waals surface area contributed by atoms with Gasteiger partial charge in [-0.3, -0.25) is 20.2 Å². The monoisotopic (exact) mass is 367 g/mol. The smallest absolute Gasteiger partial charge is 0.302 e. The number of hydrogen-bond donors (Lipinski definition) is 2. The Kier molecular flexibility index (Phi) is 5.08. The Balaban J connectivity index is 1.99. The molecule has 0 aromatic heterocycles. The van der Waals surface area contributed by atoms with Gasteiger partial charge in [0.05, 0.1) is 28.7 Å². The van der Waals surface area contributed by atoms with Crippen molar-refractivity contribution in [2.75, 3.05) is 25.1 Å². The highest BCUT2D eigenvalue weighted by Gasteiger charge is 2.42. The van der Waals surface area contributed by atoms with E-state index < -0.39 is 27.7 Å². The minimum absolute atomic E-state index is 0.115.